The third-order valence-electron chi connectivity index (χ3n) is 3.45. The van der Waals surface area contributed by atoms with Gasteiger partial charge in [-0.15, -0.1) is 0 Å². The van der Waals surface area contributed by atoms with Crippen molar-refractivity contribution in [2.45, 2.75) is 25.8 Å². The van der Waals surface area contributed by atoms with Crippen LogP contribution in [0.25, 0.3) is 0 Å². The summed E-state index contributed by atoms with van der Waals surface area (Å²) >= 11 is 2.32. The number of rotatable bonds is 4. The molecule has 0 bridgehead atoms. The molecule has 2 atom stereocenters. The van der Waals surface area contributed by atoms with Crippen LogP contribution < -0.4 is 5.32 Å². The first-order valence-electron chi connectivity index (χ1n) is 6.30. The highest BCUT2D eigenvalue weighted by Crippen LogP contribution is 2.47. The van der Waals surface area contributed by atoms with Crippen LogP contribution in [0.4, 0.5) is 5.69 Å². The van der Waals surface area contributed by atoms with Crippen LogP contribution >= 0.6 is 22.6 Å². The van der Waals surface area contributed by atoms with E-state index in [1.54, 1.807) is 0 Å². The summed E-state index contributed by atoms with van der Waals surface area (Å²) in [6.45, 7) is 3.03. The molecule has 2 aromatic rings. The average Bonchev–Trinajstić information content (AvgIpc) is 2.91. The maximum absolute atomic E-state index is 5.87. The Morgan fingerprint density at radius 2 is 2.17 bits per heavy atom. The second-order valence-corrected chi connectivity index (χ2v) is 6.23. The zero-order chi connectivity index (χ0) is 12.5. The monoisotopic (exact) mass is 353 g/mol. The fourth-order valence-electron chi connectivity index (χ4n) is 2.19. The lowest BCUT2D eigenvalue weighted by Crippen LogP contribution is -1.97. The van der Waals surface area contributed by atoms with Crippen molar-refractivity contribution in [3.8, 4) is 0 Å². The van der Waals surface area contributed by atoms with Gasteiger partial charge in [0.1, 0.15) is 11.5 Å². The van der Waals surface area contributed by atoms with Gasteiger partial charge in [-0.2, -0.15) is 0 Å². The molecule has 94 valence electrons. The zero-order valence-corrected chi connectivity index (χ0v) is 12.5. The lowest BCUT2D eigenvalue weighted by molar-refractivity contribution is 0.468. The molecule has 1 aromatic carbocycles. The number of anilines is 1. The van der Waals surface area contributed by atoms with Gasteiger partial charge in [0.05, 0.1) is 6.54 Å². The van der Waals surface area contributed by atoms with E-state index in [-0.39, 0.29) is 0 Å². The van der Waals surface area contributed by atoms with Crippen LogP contribution in [-0.2, 0) is 6.54 Å². The van der Waals surface area contributed by atoms with Gasteiger partial charge in [0.2, 0.25) is 0 Å². The summed E-state index contributed by atoms with van der Waals surface area (Å²) in [7, 11) is 0. The van der Waals surface area contributed by atoms with E-state index >= 15 is 0 Å². The maximum Gasteiger partial charge on any atom is 0.123 e. The second kappa shape index (κ2) is 4.96. The fraction of sp³-hybridized carbons (Fsp3) is 0.333. The molecule has 1 heterocycles. The molecule has 2 nitrogen and oxygen atoms in total. The molecule has 1 N–H and O–H groups in total. The molecule has 0 saturated heterocycles. The predicted molar refractivity (Wildman–Crippen MR) is 81.7 cm³/mol. The van der Waals surface area contributed by atoms with Crippen molar-refractivity contribution in [2.75, 3.05) is 5.32 Å². The Balaban J connectivity index is 1.61. The smallest absolute Gasteiger partial charge is 0.123 e. The summed E-state index contributed by atoms with van der Waals surface area (Å²) < 4.78 is 7.11. The van der Waals surface area contributed by atoms with Crippen molar-refractivity contribution in [1.29, 1.82) is 0 Å². The van der Waals surface area contributed by atoms with Crippen LogP contribution in [-0.4, -0.2) is 0 Å². The van der Waals surface area contributed by atoms with E-state index in [1.165, 1.54) is 9.99 Å². The summed E-state index contributed by atoms with van der Waals surface area (Å²) in [6, 6.07) is 12.6. The normalized spacial score (nSPS) is 21.9. The van der Waals surface area contributed by atoms with Gasteiger partial charge in [0, 0.05) is 15.2 Å². The molecule has 2 unspecified atom stereocenters. The van der Waals surface area contributed by atoms with E-state index in [4.69, 9.17) is 4.42 Å². The van der Waals surface area contributed by atoms with Crippen molar-refractivity contribution in [3.63, 3.8) is 0 Å². The van der Waals surface area contributed by atoms with Crippen LogP contribution in [0.1, 0.15) is 30.8 Å². The molecular weight excluding hydrogens is 337 g/mol. The number of hydrogen-bond donors (Lipinski definition) is 1. The molecule has 0 radical (unpaired) electrons. The van der Waals surface area contributed by atoms with Gasteiger partial charge in [-0.1, -0.05) is 13.0 Å². The van der Waals surface area contributed by atoms with Crippen molar-refractivity contribution in [3.05, 3.63) is 51.5 Å². The summed E-state index contributed by atoms with van der Waals surface area (Å²) in [5, 5.41) is 3.39. The molecular formula is C15H16INO. The molecule has 0 amide bonds. The molecule has 18 heavy (non-hydrogen) atoms. The van der Waals surface area contributed by atoms with E-state index in [0.717, 1.165) is 29.7 Å². The predicted octanol–water partition coefficient (Wildman–Crippen LogP) is 4.62. The Morgan fingerprint density at radius 1 is 1.33 bits per heavy atom. The zero-order valence-electron chi connectivity index (χ0n) is 10.3. The maximum atomic E-state index is 5.87. The minimum absolute atomic E-state index is 0.663. The number of benzene rings is 1. The van der Waals surface area contributed by atoms with Crippen molar-refractivity contribution >= 4 is 28.3 Å². The summed E-state index contributed by atoms with van der Waals surface area (Å²) in [5.74, 6) is 3.63. The Bertz CT molecular complexity index is 549. The van der Waals surface area contributed by atoms with Crippen molar-refractivity contribution < 1.29 is 4.42 Å². The minimum atomic E-state index is 0.663. The molecule has 3 rings (SSSR count). The van der Waals surface area contributed by atoms with Crippen LogP contribution in [0.3, 0.4) is 0 Å². The van der Waals surface area contributed by atoms with Gasteiger partial charge in [-0.05, 0) is 65.3 Å². The molecule has 1 saturated carbocycles. The molecule has 0 spiro atoms. The van der Waals surface area contributed by atoms with Crippen molar-refractivity contribution in [1.82, 2.24) is 0 Å². The van der Waals surface area contributed by atoms with Crippen LogP contribution in [0.15, 0.2) is 40.8 Å². The summed E-state index contributed by atoms with van der Waals surface area (Å²) in [4.78, 5) is 0. The third-order valence-corrected chi connectivity index (χ3v) is 4.12. The topological polar surface area (TPSA) is 25.2 Å². The lowest BCUT2D eigenvalue weighted by Gasteiger charge is -2.04. The average molecular weight is 353 g/mol. The van der Waals surface area contributed by atoms with Crippen LogP contribution in [0, 0.1) is 9.49 Å². The van der Waals surface area contributed by atoms with E-state index in [1.807, 2.05) is 0 Å². The number of nitrogens with one attached hydrogen (secondary N) is 1. The first kappa shape index (κ1) is 12.1. The minimum Gasteiger partial charge on any atom is -0.464 e. The van der Waals surface area contributed by atoms with Gasteiger partial charge >= 0.3 is 0 Å². The van der Waals surface area contributed by atoms with E-state index in [9.17, 15) is 0 Å². The number of halogens is 1. The quantitative estimate of drug-likeness (QED) is 0.812. The largest absolute Gasteiger partial charge is 0.464 e. The Hall–Kier alpha value is -0.970. The molecule has 1 aliphatic carbocycles. The number of furan rings is 1. The molecule has 1 fully saturated rings. The van der Waals surface area contributed by atoms with E-state index < -0.39 is 0 Å². The van der Waals surface area contributed by atoms with E-state index in [0.29, 0.717) is 5.92 Å². The lowest BCUT2D eigenvalue weighted by atomic mass is 10.3. The Labute approximate surface area is 121 Å². The van der Waals surface area contributed by atoms with Gasteiger partial charge in [0.25, 0.3) is 0 Å². The van der Waals surface area contributed by atoms with Crippen molar-refractivity contribution in [2.24, 2.45) is 5.92 Å². The van der Waals surface area contributed by atoms with Gasteiger partial charge in [0.15, 0.2) is 0 Å². The first-order chi connectivity index (χ1) is 8.72. The highest BCUT2D eigenvalue weighted by atomic mass is 127. The van der Waals surface area contributed by atoms with Crippen LogP contribution in [0.2, 0.25) is 0 Å². The standard InChI is InChI=1S/C15H16INO/c1-10-7-14(10)15-6-5-13(18-15)9-17-12-4-2-3-11(16)8-12/h2-6,8,10,14,17H,7,9H2,1H3. The molecule has 3 heteroatoms. The van der Waals surface area contributed by atoms with Crippen LogP contribution in [0.5, 0.6) is 0 Å². The summed E-state index contributed by atoms with van der Waals surface area (Å²) in [6.07, 6.45) is 1.28. The molecule has 0 aliphatic heterocycles. The van der Waals surface area contributed by atoms with Gasteiger partial charge < -0.3 is 9.73 Å². The Morgan fingerprint density at radius 3 is 2.89 bits per heavy atom. The van der Waals surface area contributed by atoms with Gasteiger partial charge in [-0.3, -0.25) is 0 Å². The van der Waals surface area contributed by atoms with E-state index in [2.05, 4.69) is 71.2 Å². The SMILES string of the molecule is CC1CC1c1ccc(CNc2cccc(I)c2)o1. The summed E-state index contributed by atoms with van der Waals surface area (Å²) in [5.41, 5.74) is 1.14. The number of hydrogen-bond acceptors (Lipinski definition) is 2. The first-order valence-corrected chi connectivity index (χ1v) is 7.38. The highest BCUT2D eigenvalue weighted by Gasteiger charge is 2.36. The third kappa shape index (κ3) is 2.71. The fourth-order valence-corrected chi connectivity index (χ4v) is 2.74. The molecule has 1 aliphatic rings. The second-order valence-electron chi connectivity index (χ2n) is 4.99. The highest BCUT2D eigenvalue weighted by molar-refractivity contribution is 14.1. The molecule has 1 aromatic heterocycles. The Kier molecular flexibility index (Phi) is 3.33. The van der Waals surface area contributed by atoms with Gasteiger partial charge in [-0.25, -0.2) is 0 Å².